The zero-order valence-corrected chi connectivity index (χ0v) is 18.5. The van der Waals surface area contributed by atoms with Crippen LogP contribution in [0.4, 0.5) is 15.9 Å². The molecule has 2 heterocycles. The van der Waals surface area contributed by atoms with E-state index >= 15 is 0 Å². The smallest absolute Gasteiger partial charge is 0.163 e. The molecule has 0 spiro atoms. The van der Waals surface area contributed by atoms with Gasteiger partial charge in [0.1, 0.15) is 18.0 Å². The highest BCUT2D eigenvalue weighted by Crippen LogP contribution is 2.36. The van der Waals surface area contributed by atoms with E-state index in [1.165, 1.54) is 12.4 Å². The molecule has 1 fully saturated rings. The number of benzene rings is 2. The predicted octanol–water partition coefficient (Wildman–Crippen LogP) is 5.05. The highest BCUT2D eigenvalue weighted by Gasteiger charge is 2.23. The first kappa shape index (κ1) is 20.8. The van der Waals surface area contributed by atoms with Crippen LogP contribution >= 0.6 is 15.9 Å². The Morgan fingerprint density at radius 3 is 2.70 bits per heavy atom. The van der Waals surface area contributed by atoms with E-state index in [9.17, 15) is 4.39 Å². The molecule has 1 aliphatic rings. The normalized spacial score (nSPS) is 15.7. The average Bonchev–Trinajstić information content (AvgIpc) is 2.76. The van der Waals surface area contributed by atoms with Crippen molar-refractivity contribution in [1.29, 1.82) is 0 Å². The number of aromatic nitrogens is 2. The number of halogens is 2. The molecule has 1 saturated heterocycles. The Morgan fingerprint density at radius 2 is 1.97 bits per heavy atom. The lowest BCUT2D eigenvalue weighted by Gasteiger charge is -2.29. The van der Waals surface area contributed by atoms with Gasteiger partial charge in [-0.2, -0.15) is 0 Å². The van der Waals surface area contributed by atoms with Crippen LogP contribution in [-0.4, -0.2) is 36.3 Å². The summed E-state index contributed by atoms with van der Waals surface area (Å²) in [5.41, 5.74) is 1.02. The van der Waals surface area contributed by atoms with Gasteiger partial charge in [0.25, 0.3) is 0 Å². The lowest BCUT2D eigenvalue weighted by atomic mass is 9.93. The Balaban J connectivity index is 1.65. The molecule has 2 aromatic carbocycles. The number of nitrogens with zero attached hydrogens (tertiary/aromatic N) is 2. The van der Waals surface area contributed by atoms with Gasteiger partial charge in [0.15, 0.2) is 11.5 Å². The van der Waals surface area contributed by atoms with Crippen molar-refractivity contribution in [3.63, 3.8) is 0 Å². The molecular formula is C22H24BrFN4O2. The number of hydrogen-bond donors (Lipinski definition) is 2. The van der Waals surface area contributed by atoms with Crippen molar-refractivity contribution >= 4 is 38.3 Å². The number of rotatable bonds is 6. The van der Waals surface area contributed by atoms with E-state index in [1.807, 2.05) is 12.1 Å². The first-order valence-corrected chi connectivity index (χ1v) is 10.8. The van der Waals surface area contributed by atoms with E-state index in [1.54, 1.807) is 19.2 Å². The maximum Gasteiger partial charge on any atom is 0.163 e. The number of ether oxygens (including phenoxy) is 2. The maximum atomic E-state index is 14.3. The van der Waals surface area contributed by atoms with Crippen LogP contribution in [-0.2, 0) is 0 Å². The van der Waals surface area contributed by atoms with Crippen LogP contribution in [0.15, 0.2) is 41.1 Å². The third-order valence-electron chi connectivity index (χ3n) is 5.47. The van der Waals surface area contributed by atoms with Crippen LogP contribution in [0, 0.1) is 11.7 Å². The van der Waals surface area contributed by atoms with Crippen molar-refractivity contribution in [2.24, 2.45) is 5.92 Å². The average molecular weight is 475 g/mol. The molecule has 2 N–H and O–H groups in total. The highest BCUT2D eigenvalue weighted by molar-refractivity contribution is 9.10. The van der Waals surface area contributed by atoms with Crippen LogP contribution < -0.4 is 20.1 Å². The molecule has 30 heavy (non-hydrogen) atoms. The van der Waals surface area contributed by atoms with E-state index in [2.05, 4.69) is 43.5 Å². The number of piperidine rings is 1. The minimum absolute atomic E-state index is 0.0646. The topological polar surface area (TPSA) is 68.3 Å². The summed E-state index contributed by atoms with van der Waals surface area (Å²) in [5.74, 6) is 1.86. The molecular weight excluding hydrogens is 451 g/mol. The third kappa shape index (κ3) is 4.49. The van der Waals surface area contributed by atoms with Gasteiger partial charge in [-0.25, -0.2) is 14.4 Å². The lowest BCUT2D eigenvalue weighted by Crippen LogP contribution is -2.35. The zero-order chi connectivity index (χ0) is 21.1. The Hall–Kier alpha value is -2.45. The largest absolute Gasteiger partial charge is 0.493 e. The van der Waals surface area contributed by atoms with Gasteiger partial charge in [0.2, 0.25) is 0 Å². The minimum atomic E-state index is -0.376. The number of methoxy groups -OCH3 is 1. The molecule has 4 rings (SSSR count). The molecule has 0 bridgehead atoms. The Kier molecular flexibility index (Phi) is 6.34. The number of nitrogens with one attached hydrogen (secondary N) is 2. The van der Waals surface area contributed by atoms with E-state index in [0.29, 0.717) is 38.9 Å². The summed E-state index contributed by atoms with van der Waals surface area (Å²) in [4.78, 5) is 8.68. The SMILES string of the molecule is COc1cc2c(Nc3ccc(Br)cc3F)ncnc2cc1OC(C)C1CCNCC1. The molecule has 8 heteroatoms. The molecule has 1 aromatic heterocycles. The van der Waals surface area contributed by atoms with Crippen LogP contribution in [0.1, 0.15) is 19.8 Å². The minimum Gasteiger partial charge on any atom is -0.493 e. The molecule has 6 nitrogen and oxygen atoms in total. The number of anilines is 2. The zero-order valence-electron chi connectivity index (χ0n) is 16.9. The number of fused-ring (bicyclic) bond motifs is 1. The van der Waals surface area contributed by atoms with Gasteiger partial charge in [0.05, 0.1) is 24.4 Å². The van der Waals surface area contributed by atoms with Crippen molar-refractivity contribution in [2.75, 3.05) is 25.5 Å². The van der Waals surface area contributed by atoms with Crippen molar-refractivity contribution in [3.05, 3.63) is 46.9 Å². The van der Waals surface area contributed by atoms with Gasteiger partial charge >= 0.3 is 0 Å². The van der Waals surface area contributed by atoms with Gasteiger partial charge in [0, 0.05) is 15.9 Å². The maximum absolute atomic E-state index is 14.3. The second kappa shape index (κ2) is 9.14. The first-order valence-electron chi connectivity index (χ1n) is 9.97. The van der Waals surface area contributed by atoms with Gasteiger partial charge in [-0.05, 0) is 63.0 Å². The van der Waals surface area contributed by atoms with Crippen LogP contribution in [0.3, 0.4) is 0 Å². The van der Waals surface area contributed by atoms with Crippen LogP contribution in [0.2, 0.25) is 0 Å². The summed E-state index contributed by atoms with van der Waals surface area (Å²) in [6, 6.07) is 8.52. The van der Waals surface area contributed by atoms with E-state index < -0.39 is 0 Å². The fourth-order valence-electron chi connectivity index (χ4n) is 3.74. The second-order valence-electron chi connectivity index (χ2n) is 7.40. The standard InChI is InChI=1S/C22H24BrFN4O2/c1-13(14-5-7-25-8-6-14)30-21-11-19-16(10-20(21)29-2)22(27-12-26-19)28-18-4-3-15(23)9-17(18)24/h3-4,9-14,25H,5-8H2,1-2H3,(H,26,27,28). The quantitative estimate of drug-likeness (QED) is 0.520. The Morgan fingerprint density at radius 1 is 1.17 bits per heavy atom. The molecule has 3 aromatic rings. The summed E-state index contributed by atoms with van der Waals surface area (Å²) < 4.78 is 26.8. The number of hydrogen-bond acceptors (Lipinski definition) is 6. The lowest BCUT2D eigenvalue weighted by molar-refractivity contribution is 0.124. The summed E-state index contributed by atoms with van der Waals surface area (Å²) in [7, 11) is 1.61. The van der Waals surface area contributed by atoms with Crippen LogP contribution in [0.25, 0.3) is 10.9 Å². The Labute approximate surface area is 183 Å². The molecule has 1 atom stereocenters. The third-order valence-corrected chi connectivity index (χ3v) is 5.96. The van der Waals surface area contributed by atoms with Gasteiger partial charge in [-0.15, -0.1) is 0 Å². The summed E-state index contributed by atoms with van der Waals surface area (Å²) in [6.07, 6.45) is 3.70. The van der Waals surface area contributed by atoms with E-state index in [-0.39, 0.29) is 11.9 Å². The molecule has 0 amide bonds. The fourth-order valence-corrected chi connectivity index (χ4v) is 4.08. The second-order valence-corrected chi connectivity index (χ2v) is 8.32. The Bertz CT molecular complexity index is 1040. The fraction of sp³-hybridized carbons (Fsp3) is 0.364. The molecule has 0 aliphatic carbocycles. The first-order chi connectivity index (χ1) is 14.5. The predicted molar refractivity (Wildman–Crippen MR) is 119 cm³/mol. The van der Waals surface area contributed by atoms with Crippen molar-refractivity contribution in [1.82, 2.24) is 15.3 Å². The van der Waals surface area contributed by atoms with Crippen molar-refractivity contribution < 1.29 is 13.9 Å². The molecule has 158 valence electrons. The van der Waals surface area contributed by atoms with Gasteiger partial charge in [-0.1, -0.05) is 15.9 Å². The summed E-state index contributed by atoms with van der Waals surface area (Å²) >= 11 is 3.27. The molecule has 1 aliphatic heterocycles. The van der Waals surface area contributed by atoms with E-state index in [4.69, 9.17) is 9.47 Å². The van der Waals surface area contributed by atoms with Crippen molar-refractivity contribution in [3.8, 4) is 11.5 Å². The van der Waals surface area contributed by atoms with Gasteiger partial charge < -0.3 is 20.1 Å². The summed E-state index contributed by atoms with van der Waals surface area (Å²) in [5, 5.41) is 7.16. The highest BCUT2D eigenvalue weighted by atomic mass is 79.9. The van der Waals surface area contributed by atoms with E-state index in [0.717, 1.165) is 31.3 Å². The monoisotopic (exact) mass is 474 g/mol. The molecule has 0 radical (unpaired) electrons. The molecule has 0 saturated carbocycles. The van der Waals surface area contributed by atoms with Gasteiger partial charge in [-0.3, -0.25) is 0 Å². The van der Waals surface area contributed by atoms with Crippen molar-refractivity contribution in [2.45, 2.75) is 25.9 Å². The van der Waals surface area contributed by atoms with Crippen LogP contribution in [0.5, 0.6) is 11.5 Å². The summed E-state index contributed by atoms with van der Waals surface area (Å²) in [6.45, 7) is 4.13. The molecule has 1 unspecified atom stereocenters.